The molecule has 8 nitrogen and oxygen atoms in total. The molecule has 1 saturated heterocycles. The molecule has 188 valence electrons. The number of carbonyl (C=O) groups is 2. The second-order valence-corrected chi connectivity index (χ2v) is 9.79. The van der Waals surface area contributed by atoms with Crippen LogP contribution in [0.3, 0.4) is 0 Å². The van der Waals surface area contributed by atoms with Crippen molar-refractivity contribution in [3.8, 4) is 6.07 Å². The van der Waals surface area contributed by atoms with Crippen LogP contribution in [0.2, 0.25) is 0 Å². The summed E-state index contributed by atoms with van der Waals surface area (Å²) in [5.74, 6) is -0.601. The first-order valence-corrected chi connectivity index (χ1v) is 12.7. The lowest BCUT2D eigenvalue weighted by Gasteiger charge is -2.29. The van der Waals surface area contributed by atoms with E-state index in [2.05, 4.69) is 33.2 Å². The average molecular weight is 514 g/mol. The number of hydrogen-bond acceptors (Lipinski definition) is 7. The van der Waals surface area contributed by atoms with Gasteiger partial charge in [-0.05, 0) is 56.0 Å². The third-order valence-electron chi connectivity index (χ3n) is 6.22. The Kier molecular flexibility index (Phi) is 8.23. The number of thiophene rings is 1. The SMILES string of the molecule is C=C/C(=C\C=C/CC1(C#N)CCOCC1)C(=O)Nc1ccc(C)c(NC(=O)c2cc3nccnc3s2)c1. The van der Waals surface area contributed by atoms with Crippen molar-refractivity contribution in [3.63, 3.8) is 0 Å². The number of ether oxygens (including phenoxy) is 1. The molecule has 0 bridgehead atoms. The van der Waals surface area contributed by atoms with Gasteiger partial charge in [0, 0.05) is 42.6 Å². The summed E-state index contributed by atoms with van der Waals surface area (Å²) in [5.41, 5.74) is 2.61. The first kappa shape index (κ1) is 25.9. The summed E-state index contributed by atoms with van der Waals surface area (Å²) >= 11 is 1.27. The van der Waals surface area contributed by atoms with Gasteiger partial charge in [0.15, 0.2) is 0 Å². The molecule has 2 aromatic heterocycles. The molecule has 3 heterocycles. The van der Waals surface area contributed by atoms with E-state index in [1.165, 1.54) is 17.4 Å². The standard InChI is InChI=1S/C28H27N5O3S/c1-3-20(6-4-5-9-28(18-29)10-14-36-15-11-28)25(34)32-21-8-7-19(2)22(16-21)33-26(35)24-17-23-27(37-24)31-13-12-30-23/h3-8,12-13,16-17H,1,9-11,14-15H2,2H3,(H,32,34)(H,33,35)/b5-4-,20-6+. The van der Waals surface area contributed by atoms with Gasteiger partial charge in [-0.3, -0.25) is 14.6 Å². The molecule has 1 aliphatic rings. The fraction of sp³-hybridized carbons (Fsp3) is 0.250. The van der Waals surface area contributed by atoms with Gasteiger partial charge in [-0.25, -0.2) is 4.98 Å². The van der Waals surface area contributed by atoms with Crippen molar-refractivity contribution >= 4 is 44.9 Å². The molecular weight excluding hydrogens is 486 g/mol. The molecule has 0 saturated carbocycles. The lowest BCUT2D eigenvalue weighted by Crippen LogP contribution is -2.27. The summed E-state index contributed by atoms with van der Waals surface area (Å²) in [5, 5.41) is 15.3. The number of hydrogen-bond donors (Lipinski definition) is 2. The minimum absolute atomic E-state index is 0.271. The molecule has 1 aromatic carbocycles. The predicted molar refractivity (Wildman–Crippen MR) is 145 cm³/mol. The second-order valence-electron chi connectivity index (χ2n) is 8.76. The predicted octanol–water partition coefficient (Wildman–Crippen LogP) is 5.57. The number of nitrogens with zero attached hydrogens (tertiary/aromatic N) is 3. The largest absolute Gasteiger partial charge is 0.381 e. The first-order valence-electron chi connectivity index (χ1n) is 11.9. The van der Waals surface area contributed by atoms with Crippen molar-refractivity contribution in [2.75, 3.05) is 23.8 Å². The van der Waals surface area contributed by atoms with Crippen LogP contribution >= 0.6 is 11.3 Å². The number of rotatable bonds is 8. The number of aromatic nitrogens is 2. The normalized spacial score (nSPS) is 15.3. The van der Waals surface area contributed by atoms with Crippen LogP contribution < -0.4 is 10.6 Å². The van der Waals surface area contributed by atoms with Gasteiger partial charge < -0.3 is 15.4 Å². The van der Waals surface area contributed by atoms with E-state index < -0.39 is 5.41 Å². The zero-order valence-corrected chi connectivity index (χ0v) is 21.3. The molecule has 0 radical (unpaired) electrons. The van der Waals surface area contributed by atoms with Gasteiger partial charge in [-0.2, -0.15) is 5.26 Å². The van der Waals surface area contributed by atoms with Gasteiger partial charge in [0.05, 0.1) is 16.4 Å². The van der Waals surface area contributed by atoms with Crippen molar-refractivity contribution in [2.24, 2.45) is 5.41 Å². The Labute approximate surface area is 219 Å². The van der Waals surface area contributed by atoms with Crippen LogP contribution in [0.1, 0.15) is 34.5 Å². The highest BCUT2D eigenvalue weighted by molar-refractivity contribution is 7.20. The molecule has 4 rings (SSSR count). The molecule has 9 heteroatoms. The van der Waals surface area contributed by atoms with Gasteiger partial charge in [0.25, 0.3) is 11.8 Å². The van der Waals surface area contributed by atoms with Crippen molar-refractivity contribution in [2.45, 2.75) is 26.2 Å². The van der Waals surface area contributed by atoms with E-state index in [1.807, 2.05) is 19.1 Å². The highest BCUT2D eigenvalue weighted by Gasteiger charge is 2.31. The van der Waals surface area contributed by atoms with Crippen LogP contribution in [0.15, 0.2) is 73.1 Å². The number of allylic oxidation sites excluding steroid dienone is 3. The van der Waals surface area contributed by atoms with Crippen molar-refractivity contribution in [3.05, 3.63) is 83.6 Å². The number of fused-ring (bicyclic) bond motifs is 1. The topological polar surface area (TPSA) is 117 Å². The maximum Gasteiger partial charge on any atom is 0.265 e. The molecule has 0 unspecified atom stereocenters. The van der Waals surface area contributed by atoms with E-state index in [0.717, 1.165) is 5.56 Å². The fourth-order valence-corrected chi connectivity index (χ4v) is 4.78. The first-order chi connectivity index (χ1) is 17.9. The highest BCUT2D eigenvalue weighted by atomic mass is 32.1. The summed E-state index contributed by atoms with van der Waals surface area (Å²) in [6.45, 7) is 6.81. The highest BCUT2D eigenvalue weighted by Crippen LogP contribution is 2.33. The summed E-state index contributed by atoms with van der Waals surface area (Å²) < 4.78 is 5.37. The van der Waals surface area contributed by atoms with Crippen molar-refractivity contribution in [1.29, 1.82) is 5.26 Å². The second kappa shape index (κ2) is 11.7. The van der Waals surface area contributed by atoms with Crippen LogP contribution in [0, 0.1) is 23.7 Å². The van der Waals surface area contributed by atoms with Crippen molar-refractivity contribution < 1.29 is 14.3 Å². The Morgan fingerprint density at radius 2 is 2.00 bits per heavy atom. The van der Waals surface area contributed by atoms with E-state index in [9.17, 15) is 14.9 Å². The Morgan fingerprint density at radius 1 is 1.22 bits per heavy atom. The summed E-state index contributed by atoms with van der Waals surface area (Å²) in [7, 11) is 0. The molecule has 2 N–H and O–H groups in total. The molecule has 0 spiro atoms. The molecule has 1 aliphatic heterocycles. The van der Waals surface area contributed by atoms with E-state index in [4.69, 9.17) is 4.74 Å². The van der Waals surface area contributed by atoms with Crippen LogP contribution in [0.25, 0.3) is 10.3 Å². The third-order valence-corrected chi connectivity index (χ3v) is 7.25. The van der Waals surface area contributed by atoms with Crippen LogP contribution in [-0.4, -0.2) is 35.0 Å². The molecule has 37 heavy (non-hydrogen) atoms. The smallest absolute Gasteiger partial charge is 0.265 e. The van der Waals surface area contributed by atoms with E-state index in [0.29, 0.717) is 64.6 Å². The van der Waals surface area contributed by atoms with Gasteiger partial charge in [-0.1, -0.05) is 30.9 Å². The van der Waals surface area contributed by atoms with Crippen LogP contribution in [0.4, 0.5) is 11.4 Å². The number of nitrogens with one attached hydrogen (secondary N) is 2. The van der Waals surface area contributed by atoms with Crippen LogP contribution in [-0.2, 0) is 9.53 Å². The fourth-order valence-electron chi connectivity index (χ4n) is 3.93. The molecular formula is C28H27N5O3S. The maximum atomic E-state index is 12.8. The number of carbonyl (C=O) groups excluding carboxylic acids is 2. The quantitative estimate of drug-likeness (QED) is 0.300. The monoisotopic (exact) mass is 513 g/mol. The van der Waals surface area contributed by atoms with E-state index >= 15 is 0 Å². The van der Waals surface area contributed by atoms with Crippen LogP contribution in [0.5, 0.6) is 0 Å². The Balaban J connectivity index is 1.41. The molecule has 2 amide bonds. The molecule has 0 atom stereocenters. The van der Waals surface area contributed by atoms with Crippen molar-refractivity contribution in [1.82, 2.24) is 9.97 Å². The lowest BCUT2D eigenvalue weighted by atomic mass is 9.79. The maximum absolute atomic E-state index is 12.8. The number of amides is 2. The van der Waals surface area contributed by atoms with Gasteiger partial charge in [-0.15, -0.1) is 11.3 Å². The Bertz CT molecular complexity index is 1390. The number of anilines is 2. The number of nitriles is 1. The van der Waals surface area contributed by atoms with Gasteiger partial charge in [0.2, 0.25) is 0 Å². The van der Waals surface area contributed by atoms with Gasteiger partial charge >= 0.3 is 0 Å². The summed E-state index contributed by atoms with van der Waals surface area (Å²) in [6.07, 6.45) is 12.0. The minimum Gasteiger partial charge on any atom is -0.381 e. The van der Waals surface area contributed by atoms with Gasteiger partial charge in [0.1, 0.15) is 10.3 Å². The Hall–Kier alpha value is -4.13. The van der Waals surface area contributed by atoms with E-state index in [1.54, 1.807) is 42.7 Å². The molecule has 3 aromatic rings. The summed E-state index contributed by atoms with van der Waals surface area (Å²) in [6, 6.07) is 9.45. The lowest BCUT2D eigenvalue weighted by molar-refractivity contribution is -0.112. The Morgan fingerprint density at radius 3 is 2.73 bits per heavy atom. The zero-order chi connectivity index (χ0) is 26.3. The zero-order valence-electron chi connectivity index (χ0n) is 20.5. The summed E-state index contributed by atoms with van der Waals surface area (Å²) in [4.78, 5) is 35.3. The number of aryl methyl sites for hydroxylation is 1. The van der Waals surface area contributed by atoms with E-state index in [-0.39, 0.29) is 11.8 Å². The molecule has 1 fully saturated rings. The third kappa shape index (κ3) is 6.36. The number of benzene rings is 1. The average Bonchev–Trinajstić information content (AvgIpc) is 3.36. The molecule has 0 aliphatic carbocycles. The minimum atomic E-state index is -0.412.